The minimum absolute atomic E-state index is 0.654. The average Bonchev–Trinajstić information content (AvgIpc) is 3.66. The Morgan fingerprint density at radius 2 is 1.50 bits per heavy atom. The van der Waals surface area contributed by atoms with E-state index in [9.17, 15) is 5.26 Å². The molecule has 0 radical (unpaired) electrons. The van der Waals surface area contributed by atoms with Gasteiger partial charge in [0.15, 0.2) is 6.20 Å². The number of aromatic nitrogens is 1. The third kappa shape index (κ3) is 4.22. The molecule has 0 spiro atoms. The third-order valence-corrected chi connectivity index (χ3v) is 9.90. The van der Waals surface area contributed by atoms with Gasteiger partial charge in [0.25, 0.3) is 0 Å². The van der Waals surface area contributed by atoms with Gasteiger partial charge in [0.2, 0.25) is 5.69 Å². The van der Waals surface area contributed by atoms with Gasteiger partial charge in [-0.15, -0.1) is 0 Å². The van der Waals surface area contributed by atoms with Gasteiger partial charge < -0.3 is 4.42 Å². The number of fused-ring (bicyclic) bond motifs is 3. The fourth-order valence-corrected chi connectivity index (χ4v) is 7.79. The summed E-state index contributed by atoms with van der Waals surface area (Å²) in [5, 5.41) is 12.3. The molecule has 0 amide bonds. The monoisotopic (exact) mass is 525 g/mol. The summed E-state index contributed by atoms with van der Waals surface area (Å²) in [6.45, 7) is 2.14. The number of aryl methyl sites for hydroxylation is 2. The molecule has 0 saturated heterocycles. The van der Waals surface area contributed by atoms with Crippen LogP contribution in [0.1, 0.15) is 74.0 Å². The number of nitrogens with zero attached hydrogens (tertiary/aromatic N) is 2. The molecule has 0 N–H and O–H groups in total. The van der Waals surface area contributed by atoms with Gasteiger partial charge in [0.1, 0.15) is 18.2 Å². The molecular weight excluding hydrogens is 488 g/mol. The van der Waals surface area contributed by atoms with Crippen molar-refractivity contribution in [2.75, 3.05) is 0 Å². The molecular formula is C37H37N2O+. The molecule has 40 heavy (non-hydrogen) atoms. The maximum Gasteiger partial charge on any atom is 0.216 e. The Kier molecular flexibility index (Phi) is 6.43. The highest BCUT2D eigenvalue weighted by Gasteiger charge is 2.31. The summed E-state index contributed by atoms with van der Waals surface area (Å²) in [7, 11) is 2.07. The van der Waals surface area contributed by atoms with E-state index < -0.39 is 0 Å². The molecule has 2 fully saturated rings. The second-order valence-corrected chi connectivity index (χ2v) is 12.2. The lowest BCUT2D eigenvalue weighted by Crippen LogP contribution is -2.30. The zero-order chi connectivity index (χ0) is 27.2. The largest absolute Gasteiger partial charge is 0.454 e. The molecule has 0 bridgehead atoms. The van der Waals surface area contributed by atoms with E-state index in [-0.39, 0.29) is 0 Å². The SMILES string of the molecule is Cc1ccc2c(oc3c(-c4ccc(C5CCCC(C6CCCC6)C5)cc4)c(C#N)ccc32)c1-c1cccc[n+]1C. The van der Waals surface area contributed by atoms with Crippen LogP contribution in [0.3, 0.4) is 0 Å². The first-order valence-electron chi connectivity index (χ1n) is 15.1. The van der Waals surface area contributed by atoms with Gasteiger partial charge in [-0.05, 0) is 72.4 Å². The maximum absolute atomic E-state index is 10.1. The van der Waals surface area contributed by atoms with Crippen molar-refractivity contribution in [2.45, 2.75) is 64.2 Å². The lowest BCUT2D eigenvalue weighted by molar-refractivity contribution is -0.660. The van der Waals surface area contributed by atoms with Crippen LogP contribution in [0.5, 0.6) is 0 Å². The zero-order valence-corrected chi connectivity index (χ0v) is 23.6. The molecule has 3 nitrogen and oxygen atoms in total. The van der Waals surface area contributed by atoms with Crippen molar-refractivity contribution in [1.29, 1.82) is 5.26 Å². The first-order valence-corrected chi connectivity index (χ1v) is 15.1. The Morgan fingerprint density at radius 3 is 2.25 bits per heavy atom. The van der Waals surface area contributed by atoms with E-state index in [0.29, 0.717) is 11.5 Å². The fraction of sp³-hybridized carbons (Fsp3) is 0.351. The summed E-state index contributed by atoms with van der Waals surface area (Å²) in [6.07, 6.45) is 13.2. The van der Waals surface area contributed by atoms with E-state index in [1.165, 1.54) is 62.5 Å². The third-order valence-electron chi connectivity index (χ3n) is 9.90. The lowest BCUT2D eigenvalue weighted by atomic mass is 9.72. The van der Waals surface area contributed by atoms with Crippen molar-refractivity contribution >= 4 is 21.9 Å². The molecule has 200 valence electrons. The molecule has 2 aliphatic carbocycles. The molecule has 5 aromatic rings. The van der Waals surface area contributed by atoms with E-state index in [1.807, 2.05) is 18.2 Å². The van der Waals surface area contributed by atoms with Crippen molar-refractivity contribution < 1.29 is 8.98 Å². The molecule has 2 saturated carbocycles. The highest BCUT2D eigenvalue weighted by molar-refractivity contribution is 6.14. The van der Waals surface area contributed by atoms with Crippen LogP contribution in [0.2, 0.25) is 0 Å². The highest BCUT2D eigenvalue weighted by atomic mass is 16.3. The van der Waals surface area contributed by atoms with E-state index in [2.05, 4.69) is 79.3 Å². The molecule has 2 aliphatic rings. The number of benzene rings is 3. The lowest BCUT2D eigenvalue weighted by Gasteiger charge is -2.33. The fourth-order valence-electron chi connectivity index (χ4n) is 7.79. The van der Waals surface area contributed by atoms with Gasteiger partial charge in [0.05, 0.1) is 17.2 Å². The van der Waals surface area contributed by atoms with E-state index >= 15 is 0 Å². The number of pyridine rings is 1. The number of hydrogen-bond acceptors (Lipinski definition) is 2. The minimum Gasteiger partial charge on any atom is -0.454 e. The van der Waals surface area contributed by atoms with Gasteiger partial charge >= 0.3 is 0 Å². The summed E-state index contributed by atoms with van der Waals surface area (Å²) >= 11 is 0. The van der Waals surface area contributed by atoms with Crippen LogP contribution in [0.15, 0.2) is 77.3 Å². The number of rotatable bonds is 4. The predicted molar refractivity (Wildman–Crippen MR) is 162 cm³/mol. The second kappa shape index (κ2) is 10.3. The van der Waals surface area contributed by atoms with E-state index in [1.54, 1.807) is 0 Å². The molecule has 3 aromatic carbocycles. The Bertz CT molecular complexity index is 1750. The topological polar surface area (TPSA) is 40.8 Å². The normalized spacial score (nSPS) is 19.8. The minimum atomic E-state index is 0.654. The molecule has 2 atom stereocenters. The summed E-state index contributed by atoms with van der Waals surface area (Å²) < 4.78 is 8.89. The Morgan fingerprint density at radius 1 is 0.775 bits per heavy atom. The molecule has 3 heteroatoms. The molecule has 2 aromatic heterocycles. The van der Waals surface area contributed by atoms with Crippen molar-refractivity contribution in [3.05, 3.63) is 89.6 Å². The van der Waals surface area contributed by atoms with Crippen LogP contribution in [0.25, 0.3) is 44.3 Å². The number of furan rings is 1. The van der Waals surface area contributed by atoms with Crippen molar-refractivity contribution in [3.63, 3.8) is 0 Å². The standard InChI is InChI=1S/C37H37N2O/c1-24-13-19-31-32-20-18-30(23-38)35(37(32)40-36(31)34(24)33-12-5-6-21-39(33)2)27-16-14-26(15-17-27)29-11-7-10-28(22-29)25-8-3-4-9-25/h5-6,12-21,25,28-29H,3-4,7-11,22H2,1-2H3/q+1. The Hall–Kier alpha value is -3.90. The summed E-state index contributed by atoms with van der Waals surface area (Å²) in [5.41, 5.74) is 9.12. The van der Waals surface area contributed by atoms with Crippen molar-refractivity contribution in [2.24, 2.45) is 18.9 Å². The summed E-state index contributed by atoms with van der Waals surface area (Å²) in [6, 6.07) is 26.1. The van der Waals surface area contributed by atoms with Crippen LogP contribution >= 0.6 is 0 Å². The van der Waals surface area contributed by atoms with Gasteiger partial charge in [-0.2, -0.15) is 5.26 Å². The van der Waals surface area contributed by atoms with E-state index in [4.69, 9.17) is 4.42 Å². The second-order valence-electron chi connectivity index (χ2n) is 12.2. The van der Waals surface area contributed by atoms with Crippen LogP contribution < -0.4 is 4.57 Å². The van der Waals surface area contributed by atoms with Crippen LogP contribution in [0.4, 0.5) is 0 Å². The maximum atomic E-state index is 10.1. The van der Waals surface area contributed by atoms with Gasteiger partial charge in [0, 0.05) is 28.5 Å². The average molecular weight is 526 g/mol. The van der Waals surface area contributed by atoms with Crippen molar-refractivity contribution in [3.8, 4) is 28.5 Å². The van der Waals surface area contributed by atoms with Gasteiger partial charge in [-0.3, -0.25) is 0 Å². The predicted octanol–water partition coefficient (Wildman–Crippen LogP) is 9.39. The molecule has 7 rings (SSSR count). The summed E-state index contributed by atoms with van der Waals surface area (Å²) in [4.78, 5) is 0. The van der Waals surface area contributed by atoms with Crippen LogP contribution in [0, 0.1) is 30.1 Å². The molecule has 2 unspecified atom stereocenters. The van der Waals surface area contributed by atoms with E-state index in [0.717, 1.165) is 56.2 Å². The highest BCUT2D eigenvalue weighted by Crippen LogP contribution is 2.45. The first-order chi connectivity index (χ1) is 19.6. The van der Waals surface area contributed by atoms with Crippen LogP contribution in [-0.2, 0) is 7.05 Å². The quantitative estimate of drug-likeness (QED) is 0.219. The number of hydrogen-bond donors (Lipinski definition) is 0. The zero-order valence-electron chi connectivity index (χ0n) is 23.6. The van der Waals surface area contributed by atoms with Crippen LogP contribution in [-0.4, -0.2) is 0 Å². The van der Waals surface area contributed by atoms with Crippen molar-refractivity contribution in [1.82, 2.24) is 0 Å². The van der Waals surface area contributed by atoms with Gasteiger partial charge in [-0.1, -0.05) is 74.9 Å². The smallest absolute Gasteiger partial charge is 0.216 e. The molecule has 2 heterocycles. The first kappa shape index (κ1) is 25.1. The Labute approximate surface area is 237 Å². The summed E-state index contributed by atoms with van der Waals surface area (Å²) in [5.74, 6) is 2.51. The van der Waals surface area contributed by atoms with Gasteiger partial charge in [-0.25, -0.2) is 4.57 Å². The molecule has 0 aliphatic heterocycles. The Balaban J connectivity index is 1.31. The number of nitriles is 1.